The lowest BCUT2D eigenvalue weighted by atomic mass is 10.2. The minimum absolute atomic E-state index is 0.0804. The molecule has 0 aliphatic heterocycles. The van der Waals surface area contributed by atoms with Gasteiger partial charge in [-0.25, -0.2) is 13.1 Å². The molecule has 3 aromatic rings. The number of para-hydroxylation sites is 1. The van der Waals surface area contributed by atoms with Crippen LogP contribution in [0.4, 0.5) is 0 Å². The number of sulfonamides is 1. The van der Waals surface area contributed by atoms with Crippen molar-refractivity contribution in [1.29, 1.82) is 0 Å². The molecule has 0 aliphatic rings. The molecule has 0 spiro atoms. The number of hydrogen-bond donors (Lipinski definition) is 1. The zero-order valence-electron chi connectivity index (χ0n) is 16.4. The Morgan fingerprint density at radius 2 is 1.64 bits per heavy atom. The van der Waals surface area contributed by atoms with Crippen LogP contribution in [0.2, 0.25) is 0 Å². The van der Waals surface area contributed by atoms with Gasteiger partial charge in [0.25, 0.3) is 0 Å². The Labute approximate surface area is 166 Å². The Hall–Kier alpha value is -2.48. The van der Waals surface area contributed by atoms with E-state index < -0.39 is 10.0 Å². The third kappa shape index (κ3) is 4.67. The monoisotopic (exact) mass is 398 g/mol. The van der Waals surface area contributed by atoms with Gasteiger partial charge in [0.05, 0.1) is 16.8 Å². The maximum Gasteiger partial charge on any atom is 0.243 e. The van der Waals surface area contributed by atoms with Crippen molar-refractivity contribution in [3.63, 3.8) is 0 Å². The van der Waals surface area contributed by atoms with E-state index in [-0.39, 0.29) is 6.04 Å². The molecule has 0 saturated carbocycles. The number of rotatable bonds is 8. The fraction of sp³-hybridized carbons (Fsp3) is 0.286. The molecule has 0 radical (unpaired) electrons. The van der Waals surface area contributed by atoms with Crippen LogP contribution in [0, 0.1) is 0 Å². The smallest absolute Gasteiger partial charge is 0.243 e. The summed E-state index contributed by atoms with van der Waals surface area (Å²) < 4.78 is 28.2. The molecule has 7 heteroatoms. The molecule has 3 rings (SSSR count). The van der Waals surface area contributed by atoms with Crippen LogP contribution in [-0.4, -0.2) is 35.6 Å². The van der Waals surface area contributed by atoms with Crippen molar-refractivity contribution >= 4 is 10.0 Å². The maximum atomic E-state index is 12.5. The predicted molar refractivity (Wildman–Crippen MR) is 111 cm³/mol. The van der Waals surface area contributed by atoms with Crippen molar-refractivity contribution in [3.8, 4) is 5.69 Å². The van der Waals surface area contributed by atoms with Gasteiger partial charge in [0.1, 0.15) is 0 Å². The van der Waals surface area contributed by atoms with Crippen molar-refractivity contribution in [2.45, 2.75) is 37.9 Å². The Morgan fingerprint density at radius 3 is 2.29 bits per heavy atom. The number of benzene rings is 2. The fourth-order valence-electron chi connectivity index (χ4n) is 2.75. The van der Waals surface area contributed by atoms with Gasteiger partial charge in [0, 0.05) is 37.9 Å². The van der Waals surface area contributed by atoms with Crippen LogP contribution < -0.4 is 5.32 Å². The summed E-state index contributed by atoms with van der Waals surface area (Å²) in [5.41, 5.74) is 3.14. The van der Waals surface area contributed by atoms with Crippen molar-refractivity contribution in [2.24, 2.45) is 0 Å². The number of hydrogen-bond acceptors (Lipinski definition) is 4. The second-order valence-electron chi connectivity index (χ2n) is 6.99. The summed E-state index contributed by atoms with van der Waals surface area (Å²) >= 11 is 0. The molecular formula is C21H26N4O2S. The summed E-state index contributed by atoms with van der Waals surface area (Å²) in [5, 5.41) is 7.76. The summed E-state index contributed by atoms with van der Waals surface area (Å²) in [6.45, 7) is 5.05. The Kier molecular flexibility index (Phi) is 6.28. The highest BCUT2D eigenvalue weighted by Crippen LogP contribution is 2.17. The zero-order chi connectivity index (χ0) is 20.1. The summed E-state index contributed by atoms with van der Waals surface area (Å²) in [6, 6.07) is 16.9. The van der Waals surface area contributed by atoms with Gasteiger partial charge in [-0.05, 0) is 43.7 Å². The average Bonchev–Trinajstić information content (AvgIpc) is 3.17. The lowest BCUT2D eigenvalue weighted by Gasteiger charge is -2.21. The lowest BCUT2D eigenvalue weighted by Crippen LogP contribution is -2.33. The van der Waals surface area contributed by atoms with E-state index in [1.165, 1.54) is 4.31 Å². The van der Waals surface area contributed by atoms with Crippen LogP contribution in [0.15, 0.2) is 71.9 Å². The van der Waals surface area contributed by atoms with Crippen LogP contribution in [0.1, 0.15) is 25.0 Å². The molecule has 1 heterocycles. The van der Waals surface area contributed by atoms with Crippen LogP contribution in [0.5, 0.6) is 0 Å². The summed E-state index contributed by atoms with van der Waals surface area (Å²) in [4.78, 5) is 0.316. The van der Waals surface area contributed by atoms with E-state index in [0.29, 0.717) is 18.0 Å². The molecule has 0 amide bonds. The standard InChI is InChI=1S/C21H26N4O2S/c1-17(2)24(3)28(26,27)21-11-9-18(10-12-21)13-22-14-19-15-23-25(16-19)20-7-5-4-6-8-20/h4-12,15-17,22H,13-14H2,1-3H3. The second-order valence-corrected chi connectivity index (χ2v) is 8.99. The highest BCUT2D eigenvalue weighted by atomic mass is 32.2. The SMILES string of the molecule is CC(C)N(C)S(=O)(=O)c1ccc(CNCc2cnn(-c3ccccc3)c2)cc1. The molecule has 0 saturated heterocycles. The molecule has 2 aromatic carbocycles. The third-order valence-electron chi connectivity index (χ3n) is 4.64. The molecule has 1 aromatic heterocycles. The summed E-state index contributed by atoms with van der Waals surface area (Å²) in [5.74, 6) is 0. The number of aromatic nitrogens is 2. The Bertz CT molecular complexity index is 996. The van der Waals surface area contributed by atoms with Gasteiger partial charge in [-0.3, -0.25) is 0 Å². The first kappa shape index (κ1) is 20.3. The molecule has 6 nitrogen and oxygen atoms in total. The fourth-order valence-corrected chi connectivity index (χ4v) is 4.12. The van der Waals surface area contributed by atoms with E-state index in [2.05, 4.69) is 10.4 Å². The van der Waals surface area contributed by atoms with Crippen molar-refractivity contribution in [2.75, 3.05) is 7.05 Å². The lowest BCUT2D eigenvalue weighted by molar-refractivity contribution is 0.410. The van der Waals surface area contributed by atoms with E-state index >= 15 is 0 Å². The van der Waals surface area contributed by atoms with E-state index in [0.717, 1.165) is 16.8 Å². The largest absolute Gasteiger partial charge is 0.309 e. The highest BCUT2D eigenvalue weighted by molar-refractivity contribution is 7.89. The van der Waals surface area contributed by atoms with E-state index in [1.807, 2.05) is 73.4 Å². The molecule has 0 aliphatic carbocycles. The average molecular weight is 399 g/mol. The minimum Gasteiger partial charge on any atom is -0.309 e. The molecule has 0 bridgehead atoms. The van der Waals surface area contributed by atoms with Crippen molar-refractivity contribution < 1.29 is 8.42 Å². The van der Waals surface area contributed by atoms with Gasteiger partial charge in [0.15, 0.2) is 0 Å². The summed E-state index contributed by atoms with van der Waals surface area (Å²) in [6.07, 6.45) is 3.84. The third-order valence-corrected chi connectivity index (χ3v) is 6.69. The van der Waals surface area contributed by atoms with Crippen LogP contribution in [0.25, 0.3) is 5.69 Å². The minimum atomic E-state index is -3.44. The van der Waals surface area contributed by atoms with Gasteiger partial charge in [0.2, 0.25) is 10.0 Å². The maximum absolute atomic E-state index is 12.5. The van der Waals surface area contributed by atoms with Crippen LogP contribution in [0.3, 0.4) is 0 Å². The molecule has 28 heavy (non-hydrogen) atoms. The van der Waals surface area contributed by atoms with Gasteiger partial charge < -0.3 is 5.32 Å². The van der Waals surface area contributed by atoms with Crippen LogP contribution in [-0.2, 0) is 23.1 Å². The highest BCUT2D eigenvalue weighted by Gasteiger charge is 2.22. The van der Waals surface area contributed by atoms with E-state index in [1.54, 1.807) is 19.2 Å². The molecule has 1 N–H and O–H groups in total. The first-order chi connectivity index (χ1) is 13.4. The normalized spacial score (nSPS) is 12.0. The topological polar surface area (TPSA) is 67.2 Å². The van der Waals surface area contributed by atoms with Gasteiger partial charge in [-0.1, -0.05) is 30.3 Å². The molecule has 148 valence electrons. The van der Waals surface area contributed by atoms with E-state index in [9.17, 15) is 8.42 Å². The molecule has 0 atom stereocenters. The first-order valence-electron chi connectivity index (χ1n) is 9.24. The number of nitrogens with zero attached hydrogens (tertiary/aromatic N) is 3. The number of nitrogens with one attached hydrogen (secondary N) is 1. The first-order valence-corrected chi connectivity index (χ1v) is 10.7. The van der Waals surface area contributed by atoms with Crippen molar-refractivity contribution in [3.05, 3.63) is 78.1 Å². The van der Waals surface area contributed by atoms with Gasteiger partial charge in [-0.15, -0.1) is 0 Å². The molecule has 0 fully saturated rings. The predicted octanol–water partition coefficient (Wildman–Crippen LogP) is 3.19. The quantitative estimate of drug-likeness (QED) is 0.633. The molecular weight excluding hydrogens is 372 g/mol. The Morgan fingerprint density at radius 1 is 1.00 bits per heavy atom. The second kappa shape index (κ2) is 8.68. The summed E-state index contributed by atoms with van der Waals surface area (Å²) in [7, 11) is -1.84. The van der Waals surface area contributed by atoms with Gasteiger partial charge in [-0.2, -0.15) is 9.40 Å². The Balaban J connectivity index is 1.57. The molecule has 0 unspecified atom stereocenters. The van der Waals surface area contributed by atoms with E-state index in [4.69, 9.17) is 0 Å². The zero-order valence-corrected chi connectivity index (χ0v) is 17.2. The van der Waals surface area contributed by atoms with Crippen LogP contribution >= 0.6 is 0 Å². The van der Waals surface area contributed by atoms with Gasteiger partial charge >= 0.3 is 0 Å². The van der Waals surface area contributed by atoms with Crippen molar-refractivity contribution in [1.82, 2.24) is 19.4 Å².